The molecule has 3 saturated carbocycles. The monoisotopic (exact) mass is 314 g/mol. The van der Waals surface area contributed by atoms with Gasteiger partial charge in [-0.2, -0.15) is 0 Å². The Morgan fingerprint density at radius 1 is 1.04 bits per heavy atom. The zero-order valence-corrected chi connectivity index (χ0v) is 14.5. The van der Waals surface area contributed by atoms with Crippen LogP contribution in [0, 0.1) is 29.1 Å². The second-order valence-corrected chi connectivity index (χ2v) is 9.24. The number of rotatable bonds is 0. The minimum Gasteiger partial charge on any atom is -0.374 e. The third kappa shape index (κ3) is 1.88. The van der Waals surface area contributed by atoms with Gasteiger partial charge in [-0.05, 0) is 93.0 Å². The van der Waals surface area contributed by atoms with Crippen molar-refractivity contribution in [2.75, 3.05) is 6.61 Å². The third-order valence-corrected chi connectivity index (χ3v) is 8.69. The quantitative estimate of drug-likeness (QED) is 0.649. The minimum atomic E-state index is 0.223. The van der Waals surface area contributed by atoms with Crippen molar-refractivity contribution in [2.45, 2.75) is 76.7 Å². The first kappa shape index (κ1) is 14.7. The van der Waals surface area contributed by atoms with E-state index in [0.29, 0.717) is 11.2 Å². The Bertz CT molecular complexity index is 556. The molecule has 0 radical (unpaired) electrons. The molecule has 5 rings (SSSR count). The van der Waals surface area contributed by atoms with Crippen LogP contribution in [0.1, 0.15) is 71.1 Å². The van der Waals surface area contributed by atoms with Crippen molar-refractivity contribution in [3.05, 3.63) is 11.6 Å². The topological polar surface area (TPSA) is 26.3 Å². The maximum absolute atomic E-state index is 11.8. The first-order valence-corrected chi connectivity index (χ1v) is 10.0. The first-order valence-electron chi connectivity index (χ1n) is 10.0. The Kier molecular flexibility index (Phi) is 3.15. The van der Waals surface area contributed by atoms with Crippen LogP contribution in [0.5, 0.6) is 0 Å². The number of hydrogen-bond donors (Lipinski definition) is 0. The highest BCUT2D eigenvalue weighted by molar-refractivity contribution is 5.91. The molecule has 1 spiro atoms. The molecule has 23 heavy (non-hydrogen) atoms. The average Bonchev–Trinajstić information content (AvgIpc) is 3.14. The van der Waals surface area contributed by atoms with Crippen LogP contribution in [0.3, 0.4) is 0 Å². The Labute approximate surface area is 140 Å². The SMILES string of the molecule is C[C@]12CC[C@H]3[C@H](CCC4=CC(=O)CC[C@H]43)[C@H]1CC[C@@]21CCCO1. The molecule has 1 aliphatic heterocycles. The van der Waals surface area contributed by atoms with E-state index in [9.17, 15) is 4.79 Å². The fourth-order valence-electron chi connectivity index (χ4n) is 7.62. The molecule has 2 nitrogen and oxygen atoms in total. The summed E-state index contributed by atoms with van der Waals surface area (Å²) in [5, 5.41) is 0. The van der Waals surface area contributed by atoms with Crippen LogP contribution in [0.4, 0.5) is 0 Å². The van der Waals surface area contributed by atoms with Crippen LogP contribution in [0.15, 0.2) is 11.6 Å². The molecule has 2 heteroatoms. The summed E-state index contributed by atoms with van der Waals surface area (Å²) in [6.07, 6.45) is 14.5. The number of carbonyl (C=O) groups excluding carboxylic acids is 1. The van der Waals surface area contributed by atoms with E-state index in [-0.39, 0.29) is 5.60 Å². The van der Waals surface area contributed by atoms with Gasteiger partial charge < -0.3 is 4.74 Å². The molecule has 0 aromatic heterocycles. The summed E-state index contributed by atoms with van der Waals surface area (Å²) in [5.41, 5.74) is 2.16. The molecular weight excluding hydrogens is 284 g/mol. The molecule has 0 bridgehead atoms. The minimum absolute atomic E-state index is 0.223. The zero-order valence-electron chi connectivity index (χ0n) is 14.5. The predicted molar refractivity (Wildman–Crippen MR) is 90.0 cm³/mol. The normalized spacial score (nSPS) is 52.0. The summed E-state index contributed by atoms with van der Waals surface area (Å²) < 4.78 is 6.42. The largest absolute Gasteiger partial charge is 0.374 e. The summed E-state index contributed by atoms with van der Waals surface area (Å²) in [5.74, 6) is 3.75. The molecule has 1 heterocycles. The Balaban J connectivity index is 1.46. The van der Waals surface area contributed by atoms with Gasteiger partial charge in [-0.1, -0.05) is 12.5 Å². The summed E-state index contributed by atoms with van der Waals surface area (Å²) in [6, 6.07) is 0. The van der Waals surface area contributed by atoms with E-state index in [1.54, 1.807) is 0 Å². The van der Waals surface area contributed by atoms with E-state index in [1.165, 1.54) is 56.9 Å². The summed E-state index contributed by atoms with van der Waals surface area (Å²) >= 11 is 0. The standard InChI is InChI=1S/C21H30O2/c1-20-10-7-17-16-6-4-15(22)13-14(16)3-5-18(17)19(20)8-11-21(20)9-2-12-23-21/h13,16-19H,2-12H2,1H3/t16-,17-,18+,19-,20+,21+/m1/s1. The van der Waals surface area contributed by atoms with Crippen LogP contribution in [-0.2, 0) is 9.53 Å². The van der Waals surface area contributed by atoms with Gasteiger partial charge in [0.2, 0.25) is 0 Å². The maximum Gasteiger partial charge on any atom is 0.155 e. The third-order valence-electron chi connectivity index (χ3n) is 8.69. The summed E-state index contributed by atoms with van der Waals surface area (Å²) in [7, 11) is 0. The van der Waals surface area contributed by atoms with Crippen molar-refractivity contribution in [3.8, 4) is 0 Å². The van der Waals surface area contributed by atoms with Gasteiger partial charge in [0.25, 0.3) is 0 Å². The highest BCUT2D eigenvalue weighted by Gasteiger charge is 2.63. The van der Waals surface area contributed by atoms with Gasteiger partial charge in [0.15, 0.2) is 5.78 Å². The van der Waals surface area contributed by atoms with Gasteiger partial charge in [-0.25, -0.2) is 0 Å². The highest BCUT2D eigenvalue weighted by Crippen LogP contribution is 2.67. The fraction of sp³-hybridized carbons (Fsp3) is 0.857. The molecule has 0 unspecified atom stereocenters. The first-order chi connectivity index (χ1) is 11.1. The van der Waals surface area contributed by atoms with Crippen LogP contribution < -0.4 is 0 Å². The van der Waals surface area contributed by atoms with E-state index in [2.05, 4.69) is 6.92 Å². The smallest absolute Gasteiger partial charge is 0.155 e. The van der Waals surface area contributed by atoms with Crippen LogP contribution in [0.2, 0.25) is 0 Å². The number of carbonyl (C=O) groups is 1. The predicted octanol–water partition coefficient (Wildman–Crippen LogP) is 4.68. The van der Waals surface area contributed by atoms with Gasteiger partial charge in [-0.3, -0.25) is 4.79 Å². The van der Waals surface area contributed by atoms with Crippen molar-refractivity contribution in [1.29, 1.82) is 0 Å². The number of ether oxygens (including phenoxy) is 1. The second kappa shape index (κ2) is 4.94. The van der Waals surface area contributed by atoms with E-state index < -0.39 is 0 Å². The van der Waals surface area contributed by atoms with Gasteiger partial charge in [0, 0.05) is 13.0 Å². The van der Waals surface area contributed by atoms with Crippen LogP contribution in [0.25, 0.3) is 0 Å². The van der Waals surface area contributed by atoms with Crippen molar-refractivity contribution in [2.24, 2.45) is 29.1 Å². The second-order valence-electron chi connectivity index (χ2n) is 9.24. The van der Waals surface area contributed by atoms with E-state index in [0.717, 1.165) is 43.1 Å². The lowest BCUT2D eigenvalue weighted by Crippen LogP contribution is -2.52. The lowest BCUT2D eigenvalue weighted by Gasteiger charge is -2.56. The van der Waals surface area contributed by atoms with E-state index in [1.807, 2.05) is 6.08 Å². The lowest BCUT2D eigenvalue weighted by molar-refractivity contribution is -0.128. The van der Waals surface area contributed by atoms with Crippen LogP contribution >= 0.6 is 0 Å². The molecule has 5 aliphatic rings. The molecular formula is C21H30O2. The molecule has 4 fully saturated rings. The van der Waals surface area contributed by atoms with Crippen molar-refractivity contribution in [1.82, 2.24) is 0 Å². The Morgan fingerprint density at radius 3 is 2.78 bits per heavy atom. The van der Waals surface area contributed by atoms with Gasteiger partial charge in [0.05, 0.1) is 5.60 Å². The summed E-state index contributed by atoms with van der Waals surface area (Å²) in [6.45, 7) is 3.57. The number of ketones is 1. The molecule has 6 atom stereocenters. The Morgan fingerprint density at radius 2 is 1.96 bits per heavy atom. The average molecular weight is 314 g/mol. The molecule has 0 aromatic rings. The molecule has 1 saturated heterocycles. The molecule has 0 amide bonds. The fourth-order valence-corrected chi connectivity index (χ4v) is 7.62. The number of hydrogen-bond acceptors (Lipinski definition) is 2. The van der Waals surface area contributed by atoms with E-state index in [4.69, 9.17) is 4.74 Å². The van der Waals surface area contributed by atoms with Crippen LogP contribution in [-0.4, -0.2) is 18.0 Å². The van der Waals surface area contributed by atoms with Crippen molar-refractivity contribution < 1.29 is 9.53 Å². The molecule has 4 aliphatic carbocycles. The Hall–Kier alpha value is -0.630. The zero-order chi connectivity index (χ0) is 15.7. The van der Waals surface area contributed by atoms with Gasteiger partial charge in [-0.15, -0.1) is 0 Å². The van der Waals surface area contributed by atoms with E-state index >= 15 is 0 Å². The van der Waals surface area contributed by atoms with Crippen molar-refractivity contribution >= 4 is 5.78 Å². The number of allylic oxidation sites excluding steroid dienone is 1. The number of fused-ring (bicyclic) bond motifs is 6. The molecule has 0 N–H and O–H groups in total. The maximum atomic E-state index is 11.8. The van der Waals surface area contributed by atoms with Gasteiger partial charge >= 0.3 is 0 Å². The van der Waals surface area contributed by atoms with Gasteiger partial charge in [0.1, 0.15) is 0 Å². The molecule has 126 valence electrons. The summed E-state index contributed by atoms with van der Waals surface area (Å²) in [4.78, 5) is 11.8. The highest BCUT2D eigenvalue weighted by atomic mass is 16.5. The molecule has 0 aromatic carbocycles. The lowest BCUT2D eigenvalue weighted by atomic mass is 9.50. The van der Waals surface area contributed by atoms with Crippen molar-refractivity contribution in [3.63, 3.8) is 0 Å².